The predicted octanol–water partition coefficient (Wildman–Crippen LogP) is 4.18. The van der Waals surface area contributed by atoms with Gasteiger partial charge in [0.15, 0.2) is 0 Å². The molecule has 1 aromatic carbocycles. The normalized spacial score (nSPS) is 19.4. The third-order valence-corrected chi connectivity index (χ3v) is 5.99. The van der Waals surface area contributed by atoms with Crippen LogP contribution in [-0.2, 0) is 6.42 Å². The number of hydrogen-bond donors (Lipinski definition) is 0. The minimum Gasteiger partial charge on any atom is -0.497 e. The first-order valence-corrected chi connectivity index (χ1v) is 8.01. The Morgan fingerprint density at radius 2 is 1.94 bits per heavy atom. The highest BCUT2D eigenvalue weighted by atomic mass is 32.2. The van der Waals surface area contributed by atoms with Gasteiger partial charge in [0, 0.05) is 4.24 Å². The van der Waals surface area contributed by atoms with Crippen molar-refractivity contribution in [3.63, 3.8) is 0 Å². The smallest absolute Gasteiger partial charge is 0.119 e. The van der Waals surface area contributed by atoms with Gasteiger partial charge in [0.1, 0.15) is 5.75 Å². The molecule has 0 aromatic heterocycles. The summed E-state index contributed by atoms with van der Waals surface area (Å²) >= 11 is 4.09. The maximum Gasteiger partial charge on any atom is 0.119 e. The Morgan fingerprint density at radius 3 is 2.71 bits per heavy atom. The molecule has 1 fully saturated rings. The van der Waals surface area contributed by atoms with Crippen molar-refractivity contribution in [2.45, 2.75) is 19.3 Å². The van der Waals surface area contributed by atoms with E-state index < -0.39 is 0 Å². The molecule has 0 saturated carbocycles. The molecule has 0 unspecified atom stereocenters. The molecule has 1 aliphatic heterocycles. The first kappa shape index (κ1) is 11.5. The van der Waals surface area contributed by atoms with Crippen LogP contribution in [0.3, 0.4) is 0 Å². The molecule has 0 radical (unpaired) electrons. The Morgan fingerprint density at radius 1 is 1.12 bits per heavy atom. The van der Waals surface area contributed by atoms with Gasteiger partial charge in [-0.05, 0) is 59.6 Å². The second kappa shape index (κ2) is 4.99. The van der Waals surface area contributed by atoms with Crippen molar-refractivity contribution in [1.82, 2.24) is 0 Å². The van der Waals surface area contributed by atoms with Crippen LogP contribution in [0.15, 0.2) is 22.4 Å². The van der Waals surface area contributed by atoms with E-state index in [0.29, 0.717) is 0 Å². The fraction of sp³-hybridized carbons (Fsp3) is 0.429. The van der Waals surface area contributed by atoms with Crippen LogP contribution in [-0.4, -0.2) is 18.6 Å². The van der Waals surface area contributed by atoms with Gasteiger partial charge in [0.2, 0.25) is 0 Å². The van der Waals surface area contributed by atoms with Crippen LogP contribution in [0.2, 0.25) is 0 Å². The number of methoxy groups -OCH3 is 1. The van der Waals surface area contributed by atoms with Crippen molar-refractivity contribution in [2.24, 2.45) is 0 Å². The summed E-state index contributed by atoms with van der Waals surface area (Å²) in [6.07, 6.45) is 3.73. The molecule has 0 amide bonds. The molecule has 1 nitrogen and oxygen atoms in total. The Balaban J connectivity index is 1.98. The summed E-state index contributed by atoms with van der Waals surface area (Å²) < 4.78 is 6.86. The van der Waals surface area contributed by atoms with Gasteiger partial charge in [0.05, 0.1) is 7.11 Å². The Kier molecular flexibility index (Phi) is 3.39. The molecule has 2 aliphatic rings. The molecular formula is C14H16OS2. The van der Waals surface area contributed by atoms with E-state index >= 15 is 0 Å². The second-order valence-electron chi connectivity index (χ2n) is 4.34. The first-order valence-electron chi connectivity index (χ1n) is 6.04. The van der Waals surface area contributed by atoms with Gasteiger partial charge in [-0.2, -0.15) is 0 Å². The zero-order valence-electron chi connectivity index (χ0n) is 9.99. The van der Waals surface area contributed by atoms with E-state index in [4.69, 9.17) is 4.74 Å². The van der Waals surface area contributed by atoms with Gasteiger partial charge >= 0.3 is 0 Å². The predicted molar refractivity (Wildman–Crippen MR) is 77.8 cm³/mol. The molecule has 1 aromatic rings. The van der Waals surface area contributed by atoms with Crippen LogP contribution in [0.1, 0.15) is 24.0 Å². The molecule has 0 atom stereocenters. The highest BCUT2D eigenvalue weighted by molar-refractivity contribution is 8.23. The van der Waals surface area contributed by atoms with Crippen LogP contribution in [0, 0.1) is 0 Å². The van der Waals surface area contributed by atoms with Crippen LogP contribution >= 0.6 is 23.5 Å². The van der Waals surface area contributed by atoms with Crippen molar-refractivity contribution in [3.05, 3.63) is 33.6 Å². The largest absolute Gasteiger partial charge is 0.497 e. The molecule has 0 spiro atoms. The average Bonchev–Trinajstić information content (AvgIpc) is 2.82. The SMILES string of the molecule is COc1ccc2c(c1)CCC2=C1SCCCS1. The number of benzene rings is 1. The van der Waals surface area contributed by atoms with Crippen LogP contribution in [0.25, 0.3) is 5.57 Å². The number of ether oxygens (including phenoxy) is 1. The third kappa shape index (κ3) is 2.23. The molecule has 90 valence electrons. The van der Waals surface area contributed by atoms with Crippen LogP contribution in [0.4, 0.5) is 0 Å². The van der Waals surface area contributed by atoms with Gasteiger partial charge < -0.3 is 4.74 Å². The van der Waals surface area contributed by atoms with E-state index in [1.165, 1.54) is 41.9 Å². The average molecular weight is 264 g/mol. The molecule has 1 aliphatic carbocycles. The minimum atomic E-state index is 0.985. The lowest BCUT2D eigenvalue weighted by atomic mass is 10.1. The summed E-state index contributed by atoms with van der Waals surface area (Å²) in [5.41, 5.74) is 4.50. The van der Waals surface area contributed by atoms with E-state index in [9.17, 15) is 0 Å². The molecule has 3 heteroatoms. The van der Waals surface area contributed by atoms with Gasteiger partial charge in [0.25, 0.3) is 0 Å². The number of hydrogen-bond acceptors (Lipinski definition) is 3. The van der Waals surface area contributed by atoms with Crippen molar-refractivity contribution >= 4 is 29.1 Å². The van der Waals surface area contributed by atoms with Gasteiger partial charge in [-0.1, -0.05) is 6.07 Å². The number of aryl methyl sites for hydroxylation is 1. The number of rotatable bonds is 1. The number of thioether (sulfide) groups is 2. The fourth-order valence-corrected chi connectivity index (χ4v) is 5.15. The maximum atomic E-state index is 5.29. The van der Waals surface area contributed by atoms with Gasteiger partial charge in [-0.25, -0.2) is 0 Å². The fourth-order valence-electron chi connectivity index (χ4n) is 2.41. The lowest BCUT2D eigenvalue weighted by Crippen LogP contribution is -1.94. The lowest BCUT2D eigenvalue weighted by molar-refractivity contribution is 0.414. The zero-order chi connectivity index (χ0) is 11.7. The monoisotopic (exact) mass is 264 g/mol. The molecule has 0 bridgehead atoms. The zero-order valence-corrected chi connectivity index (χ0v) is 11.6. The summed E-state index contributed by atoms with van der Waals surface area (Å²) in [7, 11) is 1.74. The summed E-state index contributed by atoms with van der Waals surface area (Å²) in [6.45, 7) is 0. The Hall–Kier alpha value is -0.540. The van der Waals surface area contributed by atoms with Gasteiger partial charge in [-0.3, -0.25) is 0 Å². The van der Waals surface area contributed by atoms with Crippen molar-refractivity contribution in [2.75, 3.05) is 18.6 Å². The molecule has 3 rings (SSSR count). The van der Waals surface area contributed by atoms with E-state index in [-0.39, 0.29) is 0 Å². The second-order valence-corrected chi connectivity index (χ2v) is 6.81. The molecule has 17 heavy (non-hydrogen) atoms. The topological polar surface area (TPSA) is 9.23 Å². The standard InChI is InChI=1S/C14H16OS2/c1-15-11-4-6-12-10(9-11)3-5-13(12)14-16-7-2-8-17-14/h4,6,9H,2-3,5,7-8H2,1H3. The number of fused-ring (bicyclic) bond motifs is 1. The highest BCUT2D eigenvalue weighted by Crippen LogP contribution is 2.45. The molecule has 0 N–H and O–H groups in total. The summed E-state index contributed by atoms with van der Waals surface area (Å²) in [5.74, 6) is 3.56. The van der Waals surface area contributed by atoms with Crippen molar-refractivity contribution in [3.8, 4) is 5.75 Å². The molecule has 1 heterocycles. The van der Waals surface area contributed by atoms with Crippen LogP contribution < -0.4 is 4.74 Å². The first-order chi connectivity index (χ1) is 8.38. The van der Waals surface area contributed by atoms with E-state index in [1.807, 2.05) is 23.5 Å². The highest BCUT2D eigenvalue weighted by Gasteiger charge is 2.22. The van der Waals surface area contributed by atoms with Crippen molar-refractivity contribution < 1.29 is 4.74 Å². The third-order valence-electron chi connectivity index (χ3n) is 3.28. The summed E-state index contributed by atoms with van der Waals surface area (Å²) in [6, 6.07) is 6.52. The lowest BCUT2D eigenvalue weighted by Gasteiger charge is -2.16. The van der Waals surface area contributed by atoms with E-state index in [0.717, 1.165) is 5.75 Å². The Bertz CT molecular complexity index is 457. The van der Waals surface area contributed by atoms with E-state index in [1.54, 1.807) is 16.9 Å². The van der Waals surface area contributed by atoms with Crippen LogP contribution in [0.5, 0.6) is 5.75 Å². The number of allylic oxidation sites excluding steroid dienone is 1. The van der Waals surface area contributed by atoms with Gasteiger partial charge in [-0.15, -0.1) is 23.5 Å². The van der Waals surface area contributed by atoms with Crippen molar-refractivity contribution in [1.29, 1.82) is 0 Å². The summed E-state index contributed by atoms with van der Waals surface area (Å²) in [5, 5.41) is 0. The minimum absolute atomic E-state index is 0.985. The maximum absolute atomic E-state index is 5.29. The molecular weight excluding hydrogens is 248 g/mol. The Labute approximate surface area is 111 Å². The van der Waals surface area contributed by atoms with E-state index in [2.05, 4.69) is 18.2 Å². The quantitative estimate of drug-likeness (QED) is 0.753. The summed E-state index contributed by atoms with van der Waals surface area (Å²) in [4.78, 5) is 0. The molecule has 1 saturated heterocycles.